The Balaban J connectivity index is 2.16. The van der Waals surface area contributed by atoms with Gasteiger partial charge in [-0.3, -0.25) is 9.69 Å². The van der Waals surface area contributed by atoms with Gasteiger partial charge in [0, 0.05) is 18.4 Å². The number of nitrogens with two attached hydrogens (primary N) is 1. The standard InChI is InChI=1S/C12H17N3O2S/c13-11(18)10(9-4-1-5-14-9)15-6-2-3-8(7-15)12(16)17/h1,4-5,8,10,14H,2-3,6-7H2,(H2,13,18)(H,16,17). The lowest BCUT2D eigenvalue weighted by molar-refractivity contribution is -0.143. The van der Waals surface area contributed by atoms with Gasteiger partial charge >= 0.3 is 5.97 Å². The first-order valence-corrected chi connectivity index (χ1v) is 6.40. The lowest BCUT2D eigenvalue weighted by Gasteiger charge is -2.36. The Labute approximate surface area is 111 Å². The van der Waals surface area contributed by atoms with Crippen molar-refractivity contribution in [3.63, 3.8) is 0 Å². The molecule has 18 heavy (non-hydrogen) atoms. The number of nitrogens with one attached hydrogen (secondary N) is 1. The summed E-state index contributed by atoms with van der Waals surface area (Å²) in [5.74, 6) is -1.07. The number of hydrogen-bond acceptors (Lipinski definition) is 3. The second-order valence-corrected chi connectivity index (χ2v) is 5.07. The monoisotopic (exact) mass is 267 g/mol. The lowest BCUT2D eigenvalue weighted by Crippen LogP contribution is -2.44. The Morgan fingerprint density at radius 3 is 3.00 bits per heavy atom. The highest BCUT2D eigenvalue weighted by atomic mass is 32.1. The Bertz CT molecular complexity index is 433. The Morgan fingerprint density at radius 1 is 1.67 bits per heavy atom. The topological polar surface area (TPSA) is 82.4 Å². The van der Waals surface area contributed by atoms with Gasteiger partial charge in [0.05, 0.1) is 10.9 Å². The average Bonchev–Trinajstić information content (AvgIpc) is 2.82. The molecule has 5 nitrogen and oxygen atoms in total. The summed E-state index contributed by atoms with van der Waals surface area (Å²) in [7, 11) is 0. The summed E-state index contributed by atoms with van der Waals surface area (Å²) in [6.07, 6.45) is 3.40. The molecule has 1 aromatic heterocycles. The molecule has 0 aromatic carbocycles. The number of aromatic nitrogens is 1. The number of piperidine rings is 1. The maximum Gasteiger partial charge on any atom is 0.307 e. The Hall–Kier alpha value is -1.40. The number of aromatic amines is 1. The molecule has 1 aliphatic heterocycles. The maximum atomic E-state index is 11.1. The van der Waals surface area contributed by atoms with E-state index >= 15 is 0 Å². The van der Waals surface area contributed by atoms with Gasteiger partial charge in [-0.05, 0) is 31.5 Å². The average molecular weight is 267 g/mol. The van der Waals surface area contributed by atoms with E-state index in [2.05, 4.69) is 9.88 Å². The molecule has 2 atom stereocenters. The van der Waals surface area contributed by atoms with Crippen LogP contribution in [0, 0.1) is 5.92 Å². The molecule has 2 rings (SSSR count). The van der Waals surface area contributed by atoms with Gasteiger partial charge in [0.2, 0.25) is 0 Å². The van der Waals surface area contributed by atoms with Crippen molar-refractivity contribution in [1.29, 1.82) is 0 Å². The fourth-order valence-corrected chi connectivity index (χ4v) is 2.76. The van der Waals surface area contributed by atoms with E-state index < -0.39 is 5.97 Å². The van der Waals surface area contributed by atoms with Crippen LogP contribution < -0.4 is 5.73 Å². The van der Waals surface area contributed by atoms with Crippen LogP contribution in [0.5, 0.6) is 0 Å². The summed E-state index contributed by atoms with van der Waals surface area (Å²) < 4.78 is 0. The number of hydrogen-bond donors (Lipinski definition) is 3. The molecule has 1 fully saturated rings. The molecule has 0 spiro atoms. The third kappa shape index (κ3) is 2.70. The molecule has 0 bridgehead atoms. The molecule has 1 aliphatic rings. The fraction of sp³-hybridized carbons (Fsp3) is 0.500. The van der Waals surface area contributed by atoms with E-state index in [-0.39, 0.29) is 12.0 Å². The highest BCUT2D eigenvalue weighted by Crippen LogP contribution is 2.26. The molecule has 6 heteroatoms. The molecule has 98 valence electrons. The number of carboxylic acid groups (broad SMARTS) is 1. The molecule has 1 saturated heterocycles. The maximum absolute atomic E-state index is 11.1. The largest absolute Gasteiger partial charge is 0.481 e. The van der Waals surface area contributed by atoms with Crippen LogP contribution in [-0.4, -0.2) is 39.0 Å². The van der Waals surface area contributed by atoms with Gasteiger partial charge in [-0.2, -0.15) is 0 Å². The molecule has 0 amide bonds. The van der Waals surface area contributed by atoms with E-state index in [4.69, 9.17) is 23.1 Å². The van der Waals surface area contributed by atoms with Crippen LogP contribution in [0.25, 0.3) is 0 Å². The van der Waals surface area contributed by atoms with Crippen molar-refractivity contribution in [2.75, 3.05) is 13.1 Å². The number of nitrogens with zero attached hydrogens (tertiary/aromatic N) is 1. The van der Waals surface area contributed by atoms with E-state index in [1.54, 1.807) is 0 Å². The molecular formula is C12H17N3O2S. The summed E-state index contributed by atoms with van der Waals surface area (Å²) in [6, 6.07) is 3.62. The molecule has 1 aromatic rings. The molecule has 0 radical (unpaired) electrons. The first kappa shape index (κ1) is 13.0. The molecule has 2 heterocycles. The normalized spacial score (nSPS) is 22.6. The van der Waals surface area contributed by atoms with Gasteiger partial charge in [-0.15, -0.1) is 0 Å². The number of carboxylic acids is 1. The van der Waals surface area contributed by atoms with Crippen molar-refractivity contribution in [3.8, 4) is 0 Å². The summed E-state index contributed by atoms with van der Waals surface area (Å²) in [5, 5.41) is 9.11. The van der Waals surface area contributed by atoms with Crippen LogP contribution in [0.1, 0.15) is 24.6 Å². The van der Waals surface area contributed by atoms with Crippen LogP contribution >= 0.6 is 12.2 Å². The minimum Gasteiger partial charge on any atom is -0.481 e. The summed E-state index contributed by atoms with van der Waals surface area (Å²) >= 11 is 5.12. The fourth-order valence-electron chi connectivity index (χ4n) is 2.49. The second kappa shape index (κ2) is 5.49. The number of likely N-dealkylation sites (tertiary alicyclic amines) is 1. The first-order chi connectivity index (χ1) is 8.59. The van der Waals surface area contributed by atoms with Crippen LogP contribution in [0.4, 0.5) is 0 Å². The van der Waals surface area contributed by atoms with Gasteiger partial charge < -0.3 is 15.8 Å². The van der Waals surface area contributed by atoms with Gasteiger partial charge in [-0.1, -0.05) is 12.2 Å². The number of aliphatic carboxylic acids is 1. The summed E-state index contributed by atoms with van der Waals surface area (Å²) in [4.78, 5) is 16.6. The second-order valence-electron chi connectivity index (χ2n) is 4.60. The highest BCUT2D eigenvalue weighted by Gasteiger charge is 2.31. The highest BCUT2D eigenvalue weighted by molar-refractivity contribution is 7.80. The van der Waals surface area contributed by atoms with Crippen LogP contribution in [0.15, 0.2) is 18.3 Å². The Kier molecular flexibility index (Phi) is 3.98. The minimum absolute atomic E-state index is 0.197. The van der Waals surface area contributed by atoms with Crippen molar-refractivity contribution in [2.45, 2.75) is 18.9 Å². The first-order valence-electron chi connectivity index (χ1n) is 5.99. The van der Waals surface area contributed by atoms with E-state index in [0.717, 1.165) is 25.1 Å². The van der Waals surface area contributed by atoms with Crippen molar-refractivity contribution in [2.24, 2.45) is 11.7 Å². The van der Waals surface area contributed by atoms with Crippen molar-refractivity contribution < 1.29 is 9.90 Å². The number of carbonyl (C=O) groups is 1. The molecule has 0 aliphatic carbocycles. The molecular weight excluding hydrogens is 250 g/mol. The zero-order chi connectivity index (χ0) is 13.1. The number of thiocarbonyl (C=S) groups is 1. The van der Waals surface area contributed by atoms with Gasteiger partial charge in [-0.25, -0.2) is 0 Å². The van der Waals surface area contributed by atoms with Gasteiger partial charge in [0.25, 0.3) is 0 Å². The molecule has 0 saturated carbocycles. The van der Waals surface area contributed by atoms with Crippen LogP contribution in [-0.2, 0) is 4.79 Å². The predicted molar refractivity (Wildman–Crippen MR) is 72.3 cm³/mol. The molecule has 4 N–H and O–H groups in total. The zero-order valence-electron chi connectivity index (χ0n) is 10.0. The van der Waals surface area contributed by atoms with Crippen molar-refractivity contribution in [1.82, 2.24) is 9.88 Å². The van der Waals surface area contributed by atoms with E-state index in [9.17, 15) is 4.79 Å². The zero-order valence-corrected chi connectivity index (χ0v) is 10.8. The minimum atomic E-state index is -0.743. The van der Waals surface area contributed by atoms with Crippen LogP contribution in [0.2, 0.25) is 0 Å². The smallest absolute Gasteiger partial charge is 0.307 e. The SMILES string of the molecule is NC(=S)C(c1ccc[nH]1)N1CCCC(C(=O)O)C1. The Morgan fingerprint density at radius 2 is 2.44 bits per heavy atom. The molecule has 2 unspecified atom stereocenters. The third-order valence-corrected chi connectivity index (χ3v) is 3.58. The van der Waals surface area contributed by atoms with Crippen LogP contribution in [0.3, 0.4) is 0 Å². The summed E-state index contributed by atoms with van der Waals surface area (Å²) in [6.45, 7) is 1.32. The van der Waals surface area contributed by atoms with E-state index in [1.165, 1.54) is 0 Å². The number of H-pyrrole nitrogens is 1. The predicted octanol–water partition coefficient (Wildman–Crippen LogP) is 1.14. The quantitative estimate of drug-likeness (QED) is 0.713. The lowest BCUT2D eigenvalue weighted by atomic mass is 9.96. The number of rotatable bonds is 4. The van der Waals surface area contributed by atoms with Crippen molar-refractivity contribution in [3.05, 3.63) is 24.0 Å². The third-order valence-electron chi connectivity index (χ3n) is 3.35. The van der Waals surface area contributed by atoms with Gasteiger partial charge in [0.15, 0.2) is 0 Å². The summed E-state index contributed by atoms with van der Waals surface area (Å²) in [5.41, 5.74) is 6.73. The van der Waals surface area contributed by atoms with E-state index in [0.29, 0.717) is 11.5 Å². The van der Waals surface area contributed by atoms with E-state index in [1.807, 2.05) is 18.3 Å². The van der Waals surface area contributed by atoms with Crippen molar-refractivity contribution >= 4 is 23.2 Å². The van der Waals surface area contributed by atoms with Gasteiger partial charge in [0.1, 0.15) is 6.04 Å².